The number of nitrogens with one attached hydrogen (secondary N) is 1. The van der Waals surface area contributed by atoms with E-state index in [1.807, 2.05) is 4.90 Å². The van der Waals surface area contributed by atoms with E-state index in [-0.39, 0.29) is 11.9 Å². The fourth-order valence-electron chi connectivity index (χ4n) is 2.27. The van der Waals surface area contributed by atoms with E-state index in [1.165, 1.54) is 0 Å². The second-order valence-corrected chi connectivity index (χ2v) is 4.96. The summed E-state index contributed by atoms with van der Waals surface area (Å²) in [7, 11) is 0. The minimum absolute atomic E-state index is 0.0321. The van der Waals surface area contributed by atoms with E-state index in [0.717, 1.165) is 13.1 Å². The van der Waals surface area contributed by atoms with Gasteiger partial charge in [-0.25, -0.2) is 0 Å². The normalized spacial score (nSPS) is 24.9. The molecule has 19 heavy (non-hydrogen) atoms. The number of piperazine rings is 1. The molecule has 0 saturated carbocycles. The maximum Gasteiger partial charge on any atom is 0.263 e. The molecule has 1 aliphatic rings. The number of hydrogen-bond donors (Lipinski definition) is 1. The smallest absolute Gasteiger partial charge is 0.263 e. The van der Waals surface area contributed by atoms with E-state index in [1.54, 1.807) is 31.5 Å². The molecular weight excluding hydrogens is 242 g/mol. The third-order valence-corrected chi connectivity index (χ3v) is 3.61. The van der Waals surface area contributed by atoms with Crippen LogP contribution in [-0.2, 0) is 4.79 Å². The van der Waals surface area contributed by atoms with E-state index in [0.29, 0.717) is 11.8 Å². The van der Waals surface area contributed by atoms with Crippen LogP contribution in [0, 0.1) is 0 Å². The number of amides is 1. The zero-order chi connectivity index (χ0) is 13.8. The number of pyridine rings is 1. The average Bonchev–Trinajstić information content (AvgIpc) is 2.42. The van der Waals surface area contributed by atoms with Crippen LogP contribution < -0.4 is 10.1 Å². The van der Waals surface area contributed by atoms with Gasteiger partial charge >= 0.3 is 0 Å². The molecule has 1 aromatic heterocycles. The zero-order valence-corrected chi connectivity index (χ0v) is 11.7. The van der Waals surface area contributed by atoms with E-state index >= 15 is 0 Å². The van der Waals surface area contributed by atoms with Crippen LogP contribution in [0.1, 0.15) is 20.8 Å². The van der Waals surface area contributed by atoms with Crippen molar-refractivity contribution >= 4 is 5.91 Å². The summed E-state index contributed by atoms with van der Waals surface area (Å²) in [6, 6.07) is 4.09. The lowest BCUT2D eigenvalue weighted by Gasteiger charge is -2.39. The summed E-state index contributed by atoms with van der Waals surface area (Å²) in [4.78, 5) is 18.3. The van der Waals surface area contributed by atoms with E-state index < -0.39 is 6.10 Å². The van der Waals surface area contributed by atoms with Crippen LogP contribution in [0.2, 0.25) is 0 Å². The highest BCUT2D eigenvalue weighted by Crippen LogP contribution is 2.14. The predicted molar refractivity (Wildman–Crippen MR) is 73.0 cm³/mol. The van der Waals surface area contributed by atoms with Crippen molar-refractivity contribution in [1.29, 1.82) is 0 Å². The molecule has 0 aliphatic carbocycles. The molecule has 0 bridgehead atoms. The highest BCUT2D eigenvalue weighted by molar-refractivity contribution is 5.81. The Kier molecular flexibility index (Phi) is 4.37. The fourth-order valence-corrected chi connectivity index (χ4v) is 2.27. The average molecular weight is 263 g/mol. The molecule has 0 spiro atoms. The summed E-state index contributed by atoms with van der Waals surface area (Å²) in [5.74, 6) is 0.656. The maximum atomic E-state index is 12.4. The minimum atomic E-state index is -0.489. The first-order valence-corrected chi connectivity index (χ1v) is 6.70. The molecule has 1 aliphatic heterocycles. The summed E-state index contributed by atoms with van der Waals surface area (Å²) < 4.78 is 5.64. The summed E-state index contributed by atoms with van der Waals surface area (Å²) in [5.41, 5.74) is 0. The Bertz CT molecular complexity index is 424. The summed E-state index contributed by atoms with van der Waals surface area (Å²) in [5, 5.41) is 3.36. The van der Waals surface area contributed by atoms with Crippen molar-refractivity contribution < 1.29 is 9.53 Å². The number of nitrogens with zero attached hydrogens (tertiary/aromatic N) is 2. The zero-order valence-electron chi connectivity index (χ0n) is 11.7. The molecular formula is C14H21N3O2. The number of carbonyl (C=O) groups excluding carboxylic acids is 1. The molecule has 0 aromatic carbocycles. The first kappa shape index (κ1) is 13.8. The summed E-state index contributed by atoms with van der Waals surface area (Å²) in [6.45, 7) is 7.50. The van der Waals surface area contributed by atoms with Crippen molar-refractivity contribution in [1.82, 2.24) is 15.2 Å². The van der Waals surface area contributed by atoms with Gasteiger partial charge in [0.1, 0.15) is 5.75 Å². The molecule has 5 nitrogen and oxygen atoms in total. The molecule has 1 saturated heterocycles. The molecule has 1 fully saturated rings. The number of ether oxygens (including phenoxy) is 1. The Labute approximate surface area is 114 Å². The van der Waals surface area contributed by atoms with Gasteiger partial charge in [-0.15, -0.1) is 0 Å². The van der Waals surface area contributed by atoms with Gasteiger partial charge in [0.25, 0.3) is 5.91 Å². The summed E-state index contributed by atoms with van der Waals surface area (Å²) >= 11 is 0. The Hall–Kier alpha value is -1.62. The second kappa shape index (κ2) is 6.02. The Balaban J connectivity index is 1.99. The van der Waals surface area contributed by atoms with Gasteiger partial charge in [0.15, 0.2) is 6.10 Å². The van der Waals surface area contributed by atoms with Crippen LogP contribution >= 0.6 is 0 Å². The van der Waals surface area contributed by atoms with Crippen LogP contribution in [0.25, 0.3) is 0 Å². The summed E-state index contributed by atoms with van der Waals surface area (Å²) in [6.07, 6.45) is 2.81. The minimum Gasteiger partial charge on any atom is -0.479 e. The van der Waals surface area contributed by atoms with Crippen molar-refractivity contribution in [3.63, 3.8) is 0 Å². The van der Waals surface area contributed by atoms with Crippen molar-refractivity contribution in [2.45, 2.75) is 39.0 Å². The highest BCUT2D eigenvalue weighted by atomic mass is 16.5. The third kappa shape index (κ3) is 3.23. The van der Waals surface area contributed by atoms with Crippen LogP contribution in [0.15, 0.2) is 24.5 Å². The van der Waals surface area contributed by atoms with Crippen LogP contribution in [0.3, 0.4) is 0 Å². The van der Waals surface area contributed by atoms with Crippen molar-refractivity contribution in [3.8, 4) is 5.75 Å². The van der Waals surface area contributed by atoms with E-state index in [2.05, 4.69) is 24.1 Å². The first-order chi connectivity index (χ1) is 9.09. The van der Waals surface area contributed by atoms with Crippen LogP contribution in [-0.4, -0.2) is 47.1 Å². The standard InChI is InChI=1S/C14H21N3O2/c1-10-11(2)17(8-7-16-10)14(18)12(3)19-13-5-4-6-15-9-13/h4-6,9-12,16H,7-8H2,1-3H3. The van der Waals surface area contributed by atoms with E-state index in [9.17, 15) is 4.79 Å². The van der Waals surface area contributed by atoms with Crippen LogP contribution in [0.5, 0.6) is 5.75 Å². The fraction of sp³-hybridized carbons (Fsp3) is 0.571. The topological polar surface area (TPSA) is 54.5 Å². The monoisotopic (exact) mass is 263 g/mol. The lowest BCUT2D eigenvalue weighted by molar-refractivity contribution is -0.141. The van der Waals surface area contributed by atoms with Crippen LogP contribution in [0.4, 0.5) is 0 Å². The SMILES string of the molecule is CC(Oc1cccnc1)C(=O)N1CCNC(C)C1C. The predicted octanol–water partition coefficient (Wildman–Crippen LogP) is 1.06. The Morgan fingerprint density at radius 1 is 1.58 bits per heavy atom. The Morgan fingerprint density at radius 3 is 3.05 bits per heavy atom. The van der Waals surface area contributed by atoms with Gasteiger partial charge in [0, 0.05) is 31.4 Å². The van der Waals surface area contributed by atoms with Gasteiger partial charge in [0.2, 0.25) is 0 Å². The number of rotatable bonds is 3. The first-order valence-electron chi connectivity index (χ1n) is 6.70. The highest BCUT2D eigenvalue weighted by Gasteiger charge is 2.31. The molecule has 1 amide bonds. The second-order valence-electron chi connectivity index (χ2n) is 4.96. The third-order valence-electron chi connectivity index (χ3n) is 3.61. The van der Waals surface area contributed by atoms with Gasteiger partial charge in [-0.05, 0) is 32.9 Å². The largest absolute Gasteiger partial charge is 0.479 e. The molecule has 2 rings (SSSR count). The lowest BCUT2D eigenvalue weighted by Crippen LogP contribution is -2.59. The van der Waals surface area contributed by atoms with Crippen molar-refractivity contribution in [3.05, 3.63) is 24.5 Å². The van der Waals surface area contributed by atoms with Gasteiger partial charge < -0.3 is 15.0 Å². The molecule has 3 unspecified atom stereocenters. The maximum absolute atomic E-state index is 12.4. The van der Waals surface area contributed by atoms with Gasteiger partial charge in [-0.3, -0.25) is 9.78 Å². The van der Waals surface area contributed by atoms with Gasteiger partial charge in [-0.1, -0.05) is 0 Å². The lowest BCUT2D eigenvalue weighted by atomic mass is 10.1. The van der Waals surface area contributed by atoms with Crippen molar-refractivity contribution in [2.75, 3.05) is 13.1 Å². The molecule has 0 radical (unpaired) electrons. The number of carbonyl (C=O) groups is 1. The molecule has 2 heterocycles. The van der Waals surface area contributed by atoms with E-state index in [4.69, 9.17) is 4.74 Å². The van der Waals surface area contributed by atoms with Crippen molar-refractivity contribution in [2.24, 2.45) is 0 Å². The number of hydrogen-bond acceptors (Lipinski definition) is 4. The molecule has 3 atom stereocenters. The van der Waals surface area contributed by atoms with Gasteiger partial charge in [-0.2, -0.15) is 0 Å². The Morgan fingerprint density at radius 2 is 2.37 bits per heavy atom. The molecule has 5 heteroatoms. The number of aromatic nitrogens is 1. The molecule has 104 valence electrons. The molecule has 1 N–H and O–H groups in total. The van der Waals surface area contributed by atoms with Gasteiger partial charge in [0.05, 0.1) is 6.20 Å². The quantitative estimate of drug-likeness (QED) is 0.886. The molecule has 1 aromatic rings.